The van der Waals surface area contributed by atoms with Gasteiger partial charge in [0.1, 0.15) is 17.2 Å². The minimum Gasteiger partial charge on any atom is -0.364 e. The summed E-state index contributed by atoms with van der Waals surface area (Å²) in [4.78, 5) is 44.1. The zero-order valence-electron chi connectivity index (χ0n) is 14.6. The molecule has 1 fully saturated rings. The molecule has 0 aromatic carbocycles. The van der Waals surface area contributed by atoms with Crippen LogP contribution in [0, 0.1) is 0 Å². The summed E-state index contributed by atoms with van der Waals surface area (Å²) in [6.45, 7) is 5.98. The van der Waals surface area contributed by atoms with Crippen LogP contribution in [0.15, 0.2) is 11.3 Å². The van der Waals surface area contributed by atoms with Gasteiger partial charge in [0.25, 0.3) is 0 Å². The Balaban J connectivity index is 1.64. The van der Waals surface area contributed by atoms with Crippen molar-refractivity contribution < 1.29 is 14.4 Å². The van der Waals surface area contributed by atoms with Crippen LogP contribution >= 0.6 is 0 Å². The number of fused-ring (bicyclic) bond motifs is 3. The van der Waals surface area contributed by atoms with E-state index in [4.69, 9.17) is 0 Å². The number of hydrogen-bond donors (Lipinski definition) is 1. The second-order valence-corrected chi connectivity index (χ2v) is 6.95. The smallest absolute Gasteiger partial charge is 0.230 e. The van der Waals surface area contributed by atoms with E-state index in [0.717, 1.165) is 25.9 Å². The molecule has 1 aromatic rings. The van der Waals surface area contributed by atoms with Crippen molar-refractivity contribution in [3.05, 3.63) is 28.5 Å². The van der Waals surface area contributed by atoms with Gasteiger partial charge in [-0.25, -0.2) is 4.98 Å². The van der Waals surface area contributed by atoms with Crippen molar-refractivity contribution in [2.45, 2.75) is 52.1 Å². The number of nitrogens with one attached hydrogen (secondary N) is 1. The van der Waals surface area contributed by atoms with Crippen LogP contribution < -0.4 is 5.32 Å². The van der Waals surface area contributed by atoms with Gasteiger partial charge in [-0.3, -0.25) is 14.4 Å². The molecule has 2 aliphatic heterocycles. The number of imidazole rings is 1. The molecule has 3 heterocycles. The lowest BCUT2D eigenvalue weighted by Gasteiger charge is -2.17. The normalized spacial score (nSPS) is 21.5. The molecular formula is C18H22N4O3. The van der Waals surface area contributed by atoms with Crippen molar-refractivity contribution in [3.8, 4) is 0 Å². The zero-order chi connectivity index (χ0) is 17.7. The van der Waals surface area contributed by atoms with Crippen molar-refractivity contribution in [2.24, 2.45) is 0 Å². The van der Waals surface area contributed by atoms with E-state index in [1.807, 2.05) is 16.4 Å². The van der Waals surface area contributed by atoms with Crippen LogP contribution in [-0.2, 0) is 11.3 Å². The van der Waals surface area contributed by atoms with E-state index in [9.17, 15) is 14.4 Å². The van der Waals surface area contributed by atoms with Gasteiger partial charge in [-0.05, 0) is 19.8 Å². The molecule has 4 rings (SSSR count). The summed E-state index contributed by atoms with van der Waals surface area (Å²) in [6.07, 6.45) is 3.01. The number of allylic oxidation sites excluding steroid dienone is 2. The van der Waals surface area contributed by atoms with Gasteiger partial charge in [0.2, 0.25) is 17.5 Å². The summed E-state index contributed by atoms with van der Waals surface area (Å²) >= 11 is 0. The number of Topliss-reactive ketones (excluding diaryl/α,β-unsaturated/α-hetero) is 2. The lowest BCUT2D eigenvalue weighted by molar-refractivity contribution is -0.122. The first-order valence-corrected chi connectivity index (χ1v) is 8.98. The van der Waals surface area contributed by atoms with E-state index in [1.165, 1.54) is 0 Å². The van der Waals surface area contributed by atoms with Crippen LogP contribution in [0.1, 0.15) is 72.4 Å². The van der Waals surface area contributed by atoms with Gasteiger partial charge in [0.05, 0.1) is 11.7 Å². The maximum Gasteiger partial charge on any atom is 0.230 e. The summed E-state index contributed by atoms with van der Waals surface area (Å²) in [5.41, 5.74) is 1.65. The Morgan fingerprint density at radius 2 is 2.00 bits per heavy atom. The van der Waals surface area contributed by atoms with Crippen LogP contribution in [0.25, 0.3) is 0 Å². The van der Waals surface area contributed by atoms with E-state index in [-0.39, 0.29) is 29.2 Å². The third-order valence-corrected chi connectivity index (χ3v) is 5.15. The lowest BCUT2D eigenvalue weighted by Crippen LogP contribution is -2.27. The fourth-order valence-electron chi connectivity index (χ4n) is 3.70. The summed E-state index contributed by atoms with van der Waals surface area (Å²) < 4.78 is 1.82. The predicted molar refractivity (Wildman–Crippen MR) is 90.2 cm³/mol. The van der Waals surface area contributed by atoms with E-state index < -0.39 is 0 Å². The highest BCUT2D eigenvalue weighted by atomic mass is 16.2. The molecule has 132 valence electrons. The molecule has 1 atom stereocenters. The molecule has 1 saturated heterocycles. The van der Waals surface area contributed by atoms with Crippen molar-refractivity contribution in [1.82, 2.24) is 19.8 Å². The molecule has 7 heteroatoms. The first-order valence-electron chi connectivity index (χ1n) is 8.98. The first kappa shape index (κ1) is 16.1. The van der Waals surface area contributed by atoms with Crippen molar-refractivity contribution in [3.63, 3.8) is 0 Å². The molecule has 0 bridgehead atoms. The zero-order valence-corrected chi connectivity index (χ0v) is 14.6. The molecule has 1 N–H and O–H groups in total. The maximum absolute atomic E-state index is 12.8. The Morgan fingerprint density at radius 3 is 2.68 bits per heavy atom. The summed E-state index contributed by atoms with van der Waals surface area (Å²) in [5, 5.41) is 3.00. The largest absolute Gasteiger partial charge is 0.364 e. The lowest BCUT2D eigenvalue weighted by atomic mass is 9.95. The Bertz CT molecular complexity index is 817. The molecule has 1 unspecified atom stereocenters. The number of hydrogen-bond acceptors (Lipinski definition) is 5. The molecule has 1 aliphatic carbocycles. The standard InChI is InChI=1S/C18H22N4O3/c1-3-4-5-12(23)19-11-6-7-22-15-13(20-18(11)22)17(25)14(21-8-9-21)10(2)16(15)24/h11H,3-9H2,1-2H3,(H,19,23). The summed E-state index contributed by atoms with van der Waals surface area (Å²) in [6, 6.07) is -0.222. The average molecular weight is 342 g/mol. The van der Waals surface area contributed by atoms with Crippen LogP contribution in [-0.4, -0.2) is 45.0 Å². The third-order valence-electron chi connectivity index (χ3n) is 5.15. The molecule has 0 radical (unpaired) electrons. The average Bonchev–Trinajstić information content (AvgIpc) is 3.23. The van der Waals surface area contributed by atoms with Crippen LogP contribution in [0.4, 0.5) is 0 Å². The maximum atomic E-state index is 12.8. The minimum absolute atomic E-state index is 0.00184. The number of carbonyl (C=O) groups excluding carboxylic acids is 3. The quantitative estimate of drug-likeness (QED) is 0.822. The number of carbonyl (C=O) groups is 3. The Morgan fingerprint density at radius 1 is 1.24 bits per heavy atom. The SMILES string of the molecule is CCCCC(=O)NC1CCn2c1nc1c2C(=O)C(C)=C(N2CC2)C1=O. The van der Waals surface area contributed by atoms with E-state index >= 15 is 0 Å². The highest BCUT2D eigenvalue weighted by Crippen LogP contribution is 2.35. The molecule has 25 heavy (non-hydrogen) atoms. The molecular weight excluding hydrogens is 320 g/mol. The second-order valence-electron chi connectivity index (χ2n) is 6.95. The van der Waals surface area contributed by atoms with E-state index in [0.29, 0.717) is 42.2 Å². The van der Waals surface area contributed by atoms with Gasteiger partial charge in [-0.1, -0.05) is 13.3 Å². The second kappa shape index (κ2) is 5.82. The Labute approximate surface area is 146 Å². The predicted octanol–water partition coefficient (Wildman–Crippen LogP) is 1.60. The van der Waals surface area contributed by atoms with Crippen molar-refractivity contribution in [1.29, 1.82) is 0 Å². The van der Waals surface area contributed by atoms with Crippen molar-refractivity contribution >= 4 is 17.5 Å². The number of aromatic nitrogens is 2. The van der Waals surface area contributed by atoms with Gasteiger partial charge in [0.15, 0.2) is 0 Å². The summed E-state index contributed by atoms with van der Waals surface area (Å²) in [7, 11) is 0. The van der Waals surface area contributed by atoms with Crippen LogP contribution in [0.5, 0.6) is 0 Å². The summed E-state index contributed by atoms with van der Waals surface area (Å²) in [5.74, 6) is 0.352. The van der Waals surface area contributed by atoms with Crippen LogP contribution in [0.3, 0.4) is 0 Å². The van der Waals surface area contributed by atoms with Gasteiger partial charge in [-0.15, -0.1) is 0 Å². The molecule has 1 amide bonds. The number of ketones is 2. The molecule has 0 saturated carbocycles. The number of nitrogens with zero attached hydrogens (tertiary/aromatic N) is 3. The number of rotatable bonds is 5. The fourth-order valence-corrected chi connectivity index (χ4v) is 3.70. The Kier molecular flexibility index (Phi) is 3.74. The van der Waals surface area contributed by atoms with Gasteiger partial charge in [-0.2, -0.15) is 0 Å². The first-order chi connectivity index (χ1) is 12.0. The fraction of sp³-hybridized carbons (Fsp3) is 0.556. The topological polar surface area (TPSA) is 84.1 Å². The van der Waals surface area contributed by atoms with Crippen LogP contribution in [0.2, 0.25) is 0 Å². The van der Waals surface area contributed by atoms with Gasteiger partial charge < -0.3 is 14.8 Å². The highest BCUT2D eigenvalue weighted by molar-refractivity contribution is 6.25. The van der Waals surface area contributed by atoms with Gasteiger partial charge >= 0.3 is 0 Å². The Hall–Kier alpha value is -2.44. The number of unbranched alkanes of at least 4 members (excludes halogenated alkanes) is 1. The molecule has 3 aliphatic rings. The molecule has 1 aromatic heterocycles. The van der Waals surface area contributed by atoms with E-state index in [2.05, 4.69) is 10.3 Å². The van der Waals surface area contributed by atoms with Crippen molar-refractivity contribution in [2.75, 3.05) is 13.1 Å². The van der Waals surface area contributed by atoms with E-state index in [1.54, 1.807) is 6.92 Å². The third kappa shape index (κ3) is 2.49. The monoisotopic (exact) mass is 342 g/mol. The molecule has 7 nitrogen and oxygen atoms in total. The number of amides is 1. The molecule has 0 spiro atoms. The minimum atomic E-state index is -0.222. The highest BCUT2D eigenvalue weighted by Gasteiger charge is 2.42. The van der Waals surface area contributed by atoms with Gasteiger partial charge in [0, 0.05) is 31.6 Å².